The van der Waals surface area contributed by atoms with Crippen LogP contribution in [0, 0.1) is 46.3 Å². The number of nitrogens with one attached hydrogen (secondary N) is 3. The van der Waals surface area contributed by atoms with Crippen LogP contribution >= 0.6 is 0 Å². The normalized spacial score (nSPS) is 34.9. The molecule has 8 unspecified atom stereocenters. The smallest absolute Gasteiger partial charge is 0.407 e. The van der Waals surface area contributed by atoms with Crippen LogP contribution in [0.3, 0.4) is 0 Å². The molecule has 3 fully saturated rings. The molecule has 0 radical (unpaired) electrons. The van der Waals surface area contributed by atoms with Crippen LogP contribution in [0.2, 0.25) is 0 Å². The van der Waals surface area contributed by atoms with Gasteiger partial charge in [-0.3, -0.25) is 4.90 Å². The Labute approximate surface area is 258 Å². The molecule has 0 heterocycles. The number of hydrogen-bond donors (Lipinski definition) is 3. The number of likely N-dealkylation sites (N-methyl/N-ethyl adjacent to an activating group) is 2. The Morgan fingerprint density at radius 3 is 2.36 bits per heavy atom. The van der Waals surface area contributed by atoms with Gasteiger partial charge in [0.1, 0.15) is 6.10 Å². The Kier molecular flexibility index (Phi) is 12.3. The van der Waals surface area contributed by atoms with Gasteiger partial charge in [-0.05, 0) is 105 Å². The first-order chi connectivity index (χ1) is 20.1. The summed E-state index contributed by atoms with van der Waals surface area (Å²) < 4.78 is 6.00. The van der Waals surface area contributed by atoms with Crippen LogP contribution in [0.15, 0.2) is 11.6 Å². The summed E-state index contributed by atoms with van der Waals surface area (Å²) in [7, 11) is 3.96. The van der Waals surface area contributed by atoms with Crippen molar-refractivity contribution in [1.82, 2.24) is 20.9 Å². The Morgan fingerprint density at radius 1 is 0.952 bits per heavy atom. The second kappa shape index (κ2) is 15.3. The van der Waals surface area contributed by atoms with E-state index in [-0.39, 0.29) is 12.2 Å². The van der Waals surface area contributed by atoms with Gasteiger partial charge < -0.3 is 20.7 Å². The van der Waals surface area contributed by atoms with E-state index in [2.05, 4.69) is 61.5 Å². The predicted octanol–water partition coefficient (Wildman–Crippen LogP) is 6.86. The second-order valence-electron chi connectivity index (χ2n) is 15.5. The highest BCUT2D eigenvalue weighted by Gasteiger charge is 2.59. The molecular weight excluding hydrogens is 520 g/mol. The predicted molar refractivity (Wildman–Crippen MR) is 176 cm³/mol. The maximum atomic E-state index is 12.7. The highest BCUT2D eigenvalue weighted by atomic mass is 16.6. The zero-order valence-electron chi connectivity index (χ0n) is 28.4. The Bertz CT molecular complexity index is 884. The highest BCUT2D eigenvalue weighted by molar-refractivity contribution is 5.67. The molecule has 0 spiro atoms. The summed E-state index contributed by atoms with van der Waals surface area (Å²) in [5.74, 6) is 5.15. The molecule has 4 aliphatic rings. The van der Waals surface area contributed by atoms with Crippen molar-refractivity contribution in [3.63, 3.8) is 0 Å². The van der Waals surface area contributed by atoms with E-state index in [0.717, 1.165) is 87.5 Å². The Hall–Kier alpha value is -1.11. The number of alkyl carbamates (subject to hydrolysis) is 1. The summed E-state index contributed by atoms with van der Waals surface area (Å²) in [5.41, 5.74) is 2.43. The lowest BCUT2D eigenvalue weighted by Gasteiger charge is -2.58. The highest BCUT2D eigenvalue weighted by Crippen LogP contribution is 2.67. The van der Waals surface area contributed by atoms with Crippen LogP contribution in [0.25, 0.3) is 0 Å². The Balaban J connectivity index is 1.29. The number of nitrogens with zero attached hydrogens (tertiary/aromatic N) is 1. The molecule has 42 heavy (non-hydrogen) atoms. The van der Waals surface area contributed by atoms with Crippen LogP contribution < -0.4 is 16.0 Å². The van der Waals surface area contributed by atoms with E-state index < -0.39 is 0 Å². The van der Waals surface area contributed by atoms with Crippen molar-refractivity contribution in [2.24, 2.45) is 46.3 Å². The van der Waals surface area contributed by atoms with Crippen molar-refractivity contribution in [2.45, 2.75) is 111 Å². The summed E-state index contributed by atoms with van der Waals surface area (Å²) in [6.45, 7) is 17.9. The fraction of sp³-hybridized carbons (Fsp3) is 0.917. The van der Waals surface area contributed by atoms with E-state index in [9.17, 15) is 4.79 Å². The van der Waals surface area contributed by atoms with Gasteiger partial charge in [0.15, 0.2) is 0 Å². The lowest BCUT2D eigenvalue weighted by atomic mass is 9.47. The molecule has 0 bridgehead atoms. The molecule has 4 aliphatic carbocycles. The summed E-state index contributed by atoms with van der Waals surface area (Å²) in [5, 5.41) is 9.48. The van der Waals surface area contributed by atoms with Gasteiger partial charge in [0.25, 0.3) is 0 Å². The monoisotopic (exact) mass is 587 g/mol. The number of carbonyl (C=O) groups is 1. The maximum Gasteiger partial charge on any atom is 0.407 e. The van der Waals surface area contributed by atoms with E-state index in [1.807, 2.05) is 14.1 Å². The van der Waals surface area contributed by atoms with E-state index in [1.165, 1.54) is 51.4 Å². The second-order valence-corrected chi connectivity index (χ2v) is 15.5. The van der Waals surface area contributed by atoms with Crippen molar-refractivity contribution in [3.8, 4) is 0 Å². The molecule has 0 aromatic heterocycles. The molecule has 8 atom stereocenters. The average Bonchev–Trinajstić information content (AvgIpc) is 3.31. The van der Waals surface area contributed by atoms with Gasteiger partial charge >= 0.3 is 6.09 Å². The molecule has 242 valence electrons. The van der Waals surface area contributed by atoms with Gasteiger partial charge in [0.2, 0.25) is 0 Å². The van der Waals surface area contributed by atoms with Crippen LogP contribution in [0.1, 0.15) is 105 Å². The zero-order chi connectivity index (χ0) is 30.3. The van der Waals surface area contributed by atoms with Crippen LogP contribution in [0.5, 0.6) is 0 Å². The quantitative estimate of drug-likeness (QED) is 0.183. The summed E-state index contributed by atoms with van der Waals surface area (Å²) >= 11 is 0. The number of amides is 1. The van der Waals surface area contributed by atoms with Crippen LogP contribution in [0.4, 0.5) is 4.79 Å². The largest absolute Gasteiger partial charge is 0.446 e. The summed E-state index contributed by atoms with van der Waals surface area (Å²) in [4.78, 5) is 15.1. The molecule has 6 heteroatoms. The van der Waals surface area contributed by atoms with Crippen molar-refractivity contribution in [2.75, 3.05) is 53.4 Å². The molecule has 6 nitrogen and oxygen atoms in total. The minimum absolute atomic E-state index is 0.0157. The number of rotatable bonds is 15. The zero-order valence-corrected chi connectivity index (χ0v) is 28.4. The van der Waals surface area contributed by atoms with Gasteiger partial charge in [0.05, 0.1) is 0 Å². The molecule has 3 N–H and O–H groups in total. The lowest BCUT2D eigenvalue weighted by Crippen LogP contribution is -2.51. The molecule has 1 amide bonds. The third-order valence-electron chi connectivity index (χ3n) is 12.6. The number of hydrogen-bond acceptors (Lipinski definition) is 5. The Morgan fingerprint density at radius 2 is 1.67 bits per heavy atom. The minimum atomic E-state index is -0.243. The molecular formula is C36H66N4O2. The SMILES string of the molecule is CNCCN(CCNC)CCNC(=O)OC1CCC2(C)C(=CCC3C2CCC2(C)C(C(C)CCCC(C)C)CCC32)C1. The van der Waals surface area contributed by atoms with Gasteiger partial charge in [-0.15, -0.1) is 0 Å². The van der Waals surface area contributed by atoms with Gasteiger partial charge in [-0.2, -0.15) is 0 Å². The summed E-state index contributed by atoms with van der Waals surface area (Å²) in [6.07, 6.45) is 16.6. The lowest BCUT2D eigenvalue weighted by molar-refractivity contribution is -0.0581. The fourth-order valence-corrected chi connectivity index (χ4v) is 10.1. The minimum Gasteiger partial charge on any atom is -0.446 e. The van der Waals surface area contributed by atoms with Crippen molar-refractivity contribution in [1.29, 1.82) is 0 Å². The van der Waals surface area contributed by atoms with Crippen LogP contribution in [-0.4, -0.2) is 70.5 Å². The van der Waals surface area contributed by atoms with Gasteiger partial charge in [-0.1, -0.05) is 65.5 Å². The topological polar surface area (TPSA) is 65.6 Å². The van der Waals surface area contributed by atoms with Crippen molar-refractivity contribution < 1.29 is 9.53 Å². The molecule has 0 aliphatic heterocycles. The van der Waals surface area contributed by atoms with E-state index in [1.54, 1.807) is 5.57 Å². The van der Waals surface area contributed by atoms with Gasteiger partial charge in [0, 0.05) is 45.7 Å². The summed E-state index contributed by atoms with van der Waals surface area (Å²) in [6, 6.07) is 0. The third kappa shape index (κ3) is 7.75. The van der Waals surface area contributed by atoms with Crippen molar-refractivity contribution >= 4 is 6.09 Å². The standard InChI is InChI=1S/C36H66N4O2/c1-26(2)9-8-10-27(3)31-13-14-32-30-12-11-28-25-29(15-17-35(28,4)33(30)16-18-36(31,32)5)42-34(41)39-21-24-40(22-19-37-6)23-20-38-7/h11,26-27,29-33,37-38H,8-10,12-25H2,1-7H3,(H,39,41). The molecule has 0 aromatic carbocycles. The van der Waals surface area contributed by atoms with Crippen LogP contribution in [-0.2, 0) is 4.74 Å². The molecule has 4 rings (SSSR count). The molecule has 3 saturated carbocycles. The number of carbonyl (C=O) groups excluding carboxylic acids is 1. The third-order valence-corrected chi connectivity index (χ3v) is 12.6. The fourth-order valence-electron chi connectivity index (χ4n) is 10.1. The number of allylic oxidation sites excluding steroid dienone is 1. The first-order valence-corrected chi connectivity index (χ1v) is 17.8. The van der Waals surface area contributed by atoms with E-state index in [4.69, 9.17) is 4.74 Å². The molecule has 0 saturated heterocycles. The van der Waals surface area contributed by atoms with E-state index in [0.29, 0.717) is 17.4 Å². The average molecular weight is 587 g/mol. The molecule has 0 aromatic rings. The number of fused-ring (bicyclic) bond motifs is 5. The number of ether oxygens (including phenoxy) is 1. The van der Waals surface area contributed by atoms with E-state index >= 15 is 0 Å². The van der Waals surface area contributed by atoms with Crippen molar-refractivity contribution in [3.05, 3.63) is 11.6 Å². The first-order valence-electron chi connectivity index (χ1n) is 17.8. The van der Waals surface area contributed by atoms with Gasteiger partial charge in [-0.25, -0.2) is 4.79 Å². The first kappa shape index (κ1) is 33.8. The maximum absolute atomic E-state index is 12.7.